The summed E-state index contributed by atoms with van der Waals surface area (Å²) in [4.78, 5) is 55.1. The van der Waals surface area contributed by atoms with Gasteiger partial charge in [-0.3, -0.25) is 24.0 Å². The average molecular weight is 468 g/mol. The van der Waals surface area contributed by atoms with E-state index < -0.39 is 40.7 Å². The quantitative estimate of drug-likeness (QED) is 0.275. The van der Waals surface area contributed by atoms with E-state index in [2.05, 4.69) is 20.2 Å². The van der Waals surface area contributed by atoms with Gasteiger partial charge in [-0.1, -0.05) is 12.1 Å². The number of urea groups is 1. The third kappa shape index (κ3) is 3.38. The number of carbonyl (C=O) groups excluding carboxylic acids is 2. The summed E-state index contributed by atoms with van der Waals surface area (Å²) in [7, 11) is 5.81. The van der Waals surface area contributed by atoms with Gasteiger partial charge in [-0.2, -0.15) is 5.43 Å². The van der Waals surface area contributed by atoms with Crippen molar-refractivity contribution in [2.24, 2.45) is 5.10 Å². The van der Waals surface area contributed by atoms with Gasteiger partial charge in [0.25, 0.3) is 11.5 Å². The van der Waals surface area contributed by atoms with Crippen LogP contribution in [0.1, 0.15) is 5.56 Å². The third-order valence-electron chi connectivity index (χ3n) is 5.45. The molecule has 1 saturated heterocycles. The molecule has 34 heavy (non-hydrogen) atoms. The zero-order valence-electron chi connectivity index (χ0n) is 18.6. The normalized spacial score (nSPS) is 17.8. The Balaban J connectivity index is 1.68. The number of fused-ring (bicyclic) bond motifs is 1. The minimum atomic E-state index is -0.932. The van der Waals surface area contributed by atoms with Crippen molar-refractivity contribution in [1.29, 1.82) is 0 Å². The van der Waals surface area contributed by atoms with Crippen molar-refractivity contribution in [2.45, 2.75) is 6.04 Å². The number of hydrogen-bond acceptors (Lipinski definition) is 9. The maximum atomic E-state index is 13.0. The number of imide groups is 1. The number of rotatable bonds is 4. The molecule has 1 fully saturated rings. The van der Waals surface area contributed by atoms with Crippen LogP contribution in [0.5, 0.6) is 11.6 Å². The van der Waals surface area contributed by atoms with Crippen LogP contribution in [0.25, 0.3) is 5.69 Å². The Morgan fingerprint density at radius 1 is 1.15 bits per heavy atom. The number of likely N-dealkylation sites (N-methyl/N-ethyl adjacent to an activating group) is 3. The summed E-state index contributed by atoms with van der Waals surface area (Å²) < 4.78 is 10.2. The second-order valence-corrected chi connectivity index (χ2v) is 7.40. The highest BCUT2D eigenvalue weighted by atomic mass is 16.5. The molecule has 2 N–H and O–H groups in total. The van der Waals surface area contributed by atoms with E-state index in [9.17, 15) is 24.3 Å². The molecule has 1 unspecified atom stereocenters. The van der Waals surface area contributed by atoms with Gasteiger partial charge in [0.1, 0.15) is 5.75 Å². The van der Waals surface area contributed by atoms with Crippen molar-refractivity contribution in [3.8, 4) is 17.3 Å². The predicted octanol–water partition coefficient (Wildman–Crippen LogP) is -2.81. The molecule has 0 bridgehead atoms. The lowest BCUT2D eigenvalue weighted by atomic mass is 10.1. The average Bonchev–Trinajstić information content (AvgIpc) is 3.14. The minimum absolute atomic E-state index is 0.112. The molecule has 1 aromatic carbocycles. The van der Waals surface area contributed by atoms with Crippen molar-refractivity contribution >= 4 is 29.9 Å². The van der Waals surface area contributed by atoms with Gasteiger partial charge >= 0.3 is 23.5 Å². The number of guanidine groups is 1. The number of amidine groups is 1. The number of ether oxygens (including phenoxy) is 1. The van der Waals surface area contributed by atoms with Gasteiger partial charge in [0.05, 0.1) is 31.6 Å². The highest BCUT2D eigenvalue weighted by Crippen LogP contribution is 2.23. The number of para-hydroxylation sites is 2. The Hall–Kier alpha value is -4.84. The van der Waals surface area contributed by atoms with Gasteiger partial charge in [-0.25, -0.2) is 24.1 Å². The lowest BCUT2D eigenvalue weighted by Gasteiger charge is -2.30. The topological polar surface area (TPSA) is 169 Å². The Kier molecular flexibility index (Phi) is 5.43. The van der Waals surface area contributed by atoms with Crippen molar-refractivity contribution in [2.75, 3.05) is 28.3 Å². The van der Waals surface area contributed by atoms with Crippen molar-refractivity contribution in [3.05, 3.63) is 50.7 Å². The van der Waals surface area contributed by atoms with E-state index in [1.54, 1.807) is 25.2 Å². The van der Waals surface area contributed by atoms with Crippen LogP contribution in [0.4, 0.5) is 4.79 Å². The second kappa shape index (κ2) is 8.26. The molecule has 2 aliphatic rings. The highest BCUT2D eigenvalue weighted by Gasteiger charge is 2.53. The van der Waals surface area contributed by atoms with Crippen molar-refractivity contribution < 1.29 is 19.4 Å². The molecular formula is C20H20N8O6. The fourth-order valence-corrected chi connectivity index (χ4v) is 3.61. The monoisotopic (exact) mass is 468 g/mol. The van der Waals surface area contributed by atoms with E-state index in [0.717, 1.165) is 15.7 Å². The maximum absolute atomic E-state index is 13.0. The molecule has 176 valence electrons. The summed E-state index contributed by atoms with van der Waals surface area (Å²) >= 11 is 0. The number of amides is 3. The zero-order chi connectivity index (χ0) is 24.7. The summed E-state index contributed by atoms with van der Waals surface area (Å²) in [5, 5.41) is 16.9. The van der Waals surface area contributed by atoms with Gasteiger partial charge in [-0.15, -0.1) is 5.10 Å². The first kappa shape index (κ1) is 22.4. The summed E-state index contributed by atoms with van der Waals surface area (Å²) in [5.74, 6) is -0.797. The Bertz CT molecular complexity index is 1420. The fourth-order valence-electron chi connectivity index (χ4n) is 3.61. The minimum Gasteiger partial charge on any atom is -0.859 e. The van der Waals surface area contributed by atoms with E-state index in [-0.39, 0.29) is 23.2 Å². The summed E-state index contributed by atoms with van der Waals surface area (Å²) in [6, 6.07) is 4.96. The number of benzene rings is 1. The Morgan fingerprint density at radius 2 is 1.85 bits per heavy atom. The van der Waals surface area contributed by atoms with E-state index in [4.69, 9.17) is 4.74 Å². The van der Waals surface area contributed by atoms with Crippen LogP contribution < -0.4 is 31.2 Å². The molecule has 14 nitrogen and oxygen atoms in total. The smallest absolute Gasteiger partial charge is 0.421 e. The number of nitrogens with zero attached hydrogens (tertiary/aromatic N) is 6. The number of hydrogen-bond donors (Lipinski definition) is 2. The van der Waals surface area contributed by atoms with Crippen molar-refractivity contribution in [1.82, 2.24) is 34.3 Å². The molecule has 4 rings (SSSR count). The maximum Gasteiger partial charge on any atom is 0.421 e. The molecule has 2 aromatic rings. The molecule has 1 atom stereocenters. The van der Waals surface area contributed by atoms with E-state index in [1.807, 2.05) is 0 Å². The number of carbonyl (C=O) groups is 2. The van der Waals surface area contributed by atoms with Crippen LogP contribution >= 0.6 is 0 Å². The lowest BCUT2D eigenvalue weighted by molar-refractivity contribution is -0.278. The van der Waals surface area contributed by atoms with Crippen LogP contribution in [0.3, 0.4) is 0 Å². The molecule has 1 aromatic heterocycles. The molecule has 0 aliphatic carbocycles. The number of H-pyrrole nitrogens is 1. The standard InChI is InChI=1S/C20H20N8O6/c1-25-13-14(26(2)20(33)27(3)17(13)31)22-18(25)24-21-9-10-15(29)23-19(32)28(16(10)30)11-7-5-6-8-12(11)34-4/h5-9,13H,1-4H3,(H2,21,23,29,30,32). The highest BCUT2D eigenvalue weighted by molar-refractivity contribution is 6.23. The van der Waals surface area contributed by atoms with Crippen LogP contribution in [0, 0.1) is 0 Å². The second-order valence-electron chi connectivity index (χ2n) is 7.40. The summed E-state index contributed by atoms with van der Waals surface area (Å²) in [6.07, 6.45) is 0.943. The summed E-state index contributed by atoms with van der Waals surface area (Å²) in [6.45, 7) is 0. The molecule has 0 spiro atoms. The molecule has 0 saturated carbocycles. The number of methoxy groups -OCH3 is 1. The number of hydrazone groups is 1. The van der Waals surface area contributed by atoms with Gasteiger partial charge in [0.15, 0.2) is 0 Å². The van der Waals surface area contributed by atoms with E-state index in [1.165, 1.54) is 37.1 Å². The lowest BCUT2D eigenvalue weighted by Crippen LogP contribution is -2.63. The molecular weight excluding hydrogens is 448 g/mol. The molecule has 3 amide bonds. The van der Waals surface area contributed by atoms with E-state index >= 15 is 0 Å². The van der Waals surface area contributed by atoms with Gasteiger partial charge in [-0.05, 0) is 18.0 Å². The zero-order valence-corrected chi connectivity index (χ0v) is 18.6. The number of aromatic nitrogens is 2. The van der Waals surface area contributed by atoms with Crippen LogP contribution in [0.15, 0.2) is 39.0 Å². The summed E-state index contributed by atoms with van der Waals surface area (Å²) in [5.41, 5.74) is 0.432. The fraction of sp³-hybridized carbons (Fsp3) is 0.250. The first-order valence-electron chi connectivity index (χ1n) is 9.89. The predicted molar refractivity (Wildman–Crippen MR) is 119 cm³/mol. The first-order valence-corrected chi connectivity index (χ1v) is 9.89. The molecule has 14 heteroatoms. The van der Waals surface area contributed by atoms with Gasteiger partial charge < -0.3 is 9.84 Å². The molecule has 0 radical (unpaired) electrons. The third-order valence-corrected chi connectivity index (χ3v) is 5.45. The first-order chi connectivity index (χ1) is 16.2. The largest absolute Gasteiger partial charge is 0.859 e. The number of aromatic amines is 1. The Morgan fingerprint density at radius 3 is 2.56 bits per heavy atom. The van der Waals surface area contributed by atoms with E-state index in [0.29, 0.717) is 0 Å². The van der Waals surface area contributed by atoms with Gasteiger partial charge in [0, 0.05) is 14.1 Å². The Labute approximate surface area is 191 Å². The molecule has 2 aliphatic heterocycles. The van der Waals surface area contributed by atoms with Crippen LogP contribution in [0.2, 0.25) is 0 Å². The van der Waals surface area contributed by atoms with Crippen LogP contribution in [-0.4, -0.2) is 88.5 Å². The molecule has 3 heterocycles. The number of nitrogens with one attached hydrogen (secondary N) is 2. The van der Waals surface area contributed by atoms with Crippen molar-refractivity contribution in [3.63, 3.8) is 0 Å². The SMILES string of the molecule is COc1ccccc1-n1c([O-])c(/C=N/NC2=[N+]=C3C(C(=O)N(C)C(=O)N3C)N2C)c(=O)[nH]c1=O. The van der Waals surface area contributed by atoms with Crippen LogP contribution in [-0.2, 0) is 4.79 Å². The van der Waals surface area contributed by atoms with Gasteiger partial charge in [0.2, 0.25) is 6.04 Å².